The number of amidine groups is 1. The molecular weight excluding hydrogens is 398 g/mol. The Morgan fingerprint density at radius 3 is 2.54 bits per heavy atom. The van der Waals surface area contributed by atoms with Crippen molar-refractivity contribution in [2.24, 2.45) is 4.99 Å². The molecule has 0 aromatic heterocycles. The summed E-state index contributed by atoms with van der Waals surface area (Å²) in [5.74, 6) is 0.368. The fraction of sp³-hybridized carbons (Fsp3) is 0.250. The standard InChI is InChI=1S/C20H20ClN3O3S/c1-3-24-18(25)12-17(19(26)22-14-6-4-13(21)5-7-14)28-20(24)23-15-8-10-16(27-2)11-9-15/h4-11,17H,3,12H2,1-2H3,(H,22,26)/t17-/m0/s1. The molecule has 1 heterocycles. The minimum absolute atomic E-state index is 0.121. The Balaban J connectivity index is 1.78. The summed E-state index contributed by atoms with van der Waals surface area (Å²) in [6.45, 7) is 2.38. The van der Waals surface area contributed by atoms with Crippen molar-refractivity contribution >= 4 is 51.7 Å². The van der Waals surface area contributed by atoms with Crippen molar-refractivity contribution in [3.8, 4) is 5.75 Å². The number of ether oxygens (including phenoxy) is 1. The van der Waals surface area contributed by atoms with Gasteiger partial charge in [0.05, 0.1) is 12.8 Å². The first-order chi connectivity index (χ1) is 13.5. The largest absolute Gasteiger partial charge is 0.497 e. The number of anilines is 1. The molecule has 2 amide bonds. The maximum atomic E-state index is 12.7. The minimum atomic E-state index is -0.553. The number of rotatable bonds is 5. The molecule has 0 radical (unpaired) electrons. The van der Waals surface area contributed by atoms with Gasteiger partial charge in [-0.15, -0.1) is 0 Å². The molecule has 1 aliphatic rings. The highest BCUT2D eigenvalue weighted by Crippen LogP contribution is 2.30. The lowest BCUT2D eigenvalue weighted by molar-refractivity contribution is -0.129. The van der Waals surface area contributed by atoms with Gasteiger partial charge in [0.15, 0.2) is 5.17 Å². The lowest BCUT2D eigenvalue weighted by atomic mass is 10.2. The first kappa shape index (κ1) is 20.2. The Morgan fingerprint density at radius 1 is 1.25 bits per heavy atom. The van der Waals surface area contributed by atoms with Crippen molar-refractivity contribution in [2.45, 2.75) is 18.6 Å². The second-order valence-corrected chi connectivity index (χ2v) is 7.64. The summed E-state index contributed by atoms with van der Waals surface area (Å²) in [6.07, 6.45) is 0.125. The smallest absolute Gasteiger partial charge is 0.238 e. The molecule has 8 heteroatoms. The molecule has 2 aromatic rings. The van der Waals surface area contributed by atoms with Gasteiger partial charge in [-0.3, -0.25) is 14.5 Å². The summed E-state index contributed by atoms with van der Waals surface area (Å²) < 4.78 is 5.15. The van der Waals surface area contributed by atoms with Crippen LogP contribution in [0.4, 0.5) is 11.4 Å². The zero-order valence-electron chi connectivity index (χ0n) is 15.5. The van der Waals surface area contributed by atoms with E-state index in [4.69, 9.17) is 16.3 Å². The molecule has 1 atom stereocenters. The maximum absolute atomic E-state index is 12.7. The molecule has 0 saturated carbocycles. The third-order valence-corrected chi connectivity index (χ3v) is 5.60. The molecular formula is C20H20ClN3O3S. The van der Waals surface area contributed by atoms with Gasteiger partial charge < -0.3 is 10.1 Å². The van der Waals surface area contributed by atoms with E-state index in [0.717, 1.165) is 5.75 Å². The van der Waals surface area contributed by atoms with E-state index in [0.29, 0.717) is 28.1 Å². The molecule has 0 aliphatic carbocycles. The maximum Gasteiger partial charge on any atom is 0.238 e. The van der Waals surface area contributed by atoms with Crippen LogP contribution in [0.2, 0.25) is 5.02 Å². The number of methoxy groups -OCH3 is 1. The molecule has 1 saturated heterocycles. The number of nitrogens with one attached hydrogen (secondary N) is 1. The Labute approximate surface area is 172 Å². The van der Waals surface area contributed by atoms with Gasteiger partial charge in [0, 0.05) is 23.7 Å². The average Bonchev–Trinajstić information content (AvgIpc) is 2.70. The first-order valence-electron chi connectivity index (χ1n) is 8.76. The number of aliphatic imine (C=N–C) groups is 1. The summed E-state index contributed by atoms with van der Waals surface area (Å²) in [4.78, 5) is 31.4. The Bertz CT molecular complexity index is 885. The quantitative estimate of drug-likeness (QED) is 0.786. The molecule has 0 unspecified atom stereocenters. The monoisotopic (exact) mass is 417 g/mol. The summed E-state index contributed by atoms with van der Waals surface area (Å²) in [5, 5.41) is 3.38. The van der Waals surface area contributed by atoms with Crippen LogP contribution < -0.4 is 10.1 Å². The average molecular weight is 418 g/mol. The van der Waals surface area contributed by atoms with Crippen molar-refractivity contribution in [1.29, 1.82) is 0 Å². The normalized spacial score (nSPS) is 18.2. The van der Waals surface area contributed by atoms with Crippen LogP contribution in [-0.2, 0) is 9.59 Å². The molecule has 1 N–H and O–H groups in total. The van der Waals surface area contributed by atoms with Gasteiger partial charge in [-0.25, -0.2) is 4.99 Å². The van der Waals surface area contributed by atoms with E-state index in [1.54, 1.807) is 48.4 Å². The van der Waals surface area contributed by atoms with Gasteiger partial charge in [0.2, 0.25) is 11.8 Å². The van der Waals surface area contributed by atoms with Gasteiger partial charge in [-0.2, -0.15) is 0 Å². The predicted molar refractivity (Wildman–Crippen MR) is 114 cm³/mol. The molecule has 1 aliphatic heterocycles. The van der Waals surface area contributed by atoms with Crippen molar-refractivity contribution in [3.05, 3.63) is 53.6 Å². The summed E-state index contributed by atoms with van der Waals surface area (Å²) in [6, 6.07) is 14.1. The first-order valence-corrected chi connectivity index (χ1v) is 10.0. The van der Waals surface area contributed by atoms with Crippen molar-refractivity contribution < 1.29 is 14.3 Å². The zero-order chi connectivity index (χ0) is 20.1. The second kappa shape index (κ2) is 9.12. The van der Waals surface area contributed by atoms with Crippen LogP contribution in [0.5, 0.6) is 5.75 Å². The van der Waals surface area contributed by atoms with Crippen LogP contribution in [-0.4, -0.2) is 40.8 Å². The number of hydrogen-bond acceptors (Lipinski definition) is 5. The van der Waals surface area contributed by atoms with E-state index >= 15 is 0 Å². The van der Waals surface area contributed by atoms with E-state index in [-0.39, 0.29) is 18.2 Å². The highest BCUT2D eigenvalue weighted by molar-refractivity contribution is 8.15. The Morgan fingerprint density at radius 2 is 1.93 bits per heavy atom. The molecule has 3 rings (SSSR count). The van der Waals surface area contributed by atoms with Crippen LogP contribution in [0.3, 0.4) is 0 Å². The molecule has 0 spiro atoms. The van der Waals surface area contributed by atoms with E-state index in [1.165, 1.54) is 11.8 Å². The molecule has 6 nitrogen and oxygen atoms in total. The molecule has 146 valence electrons. The lowest BCUT2D eigenvalue weighted by Gasteiger charge is -2.30. The topological polar surface area (TPSA) is 71.0 Å². The summed E-state index contributed by atoms with van der Waals surface area (Å²) in [5.41, 5.74) is 1.32. The summed E-state index contributed by atoms with van der Waals surface area (Å²) >= 11 is 7.16. The van der Waals surface area contributed by atoms with Crippen LogP contribution >= 0.6 is 23.4 Å². The van der Waals surface area contributed by atoms with Gasteiger partial charge in [0.25, 0.3) is 0 Å². The van der Waals surface area contributed by atoms with Crippen LogP contribution in [0.15, 0.2) is 53.5 Å². The number of carbonyl (C=O) groups is 2. The fourth-order valence-corrected chi connectivity index (χ4v) is 3.96. The van der Waals surface area contributed by atoms with Crippen LogP contribution in [0, 0.1) is 0 Å². The number of benzene rings is 2. The third kappa shape index (κ3) is 4.85. The van der Waals surface area contributed by atoms with Gasteiger partial charge in [0.1, 0.15) is 11.0 Å². The highest BCUT2D eigenvalue weighted by atomic mass is 35.5. The van der Waals surface area contributed by atoms with E-state index in [9.17, 15) is 9.59 Å². The van der Waals surface area contributed by atoms with Crippen molar-refractivity contribution in [2.75, 3.05) is 19.0 Å². The molecule has 28 heavy (non-hydrogen) atoms. The van der Waals surface area contributed by atoms with Crippen molar-refractivity contribution in [1.82, 2.24) is 4.90 Å². The molecule has 0 bridgehead atoms. The lowest BCUT2D eigenvalue weighted by Crippen LogP contribution is -2.45. The molecule has 2 aromatic carbocycles. The van der Waals surface area contributed by atoms with E-state index in [2.05, 4.69) is 10.3 Å². The van der Waals surface area contributed by atoms with Crippen LogP contribution in [0.1, 0.15) is 13.3 Å². The number of amides is 2. The van der Waals surface area contributed by atoms with Gasteiger partial charge in [-0.05, 0) is 55.5 Å². The van der Waals surface area contributed by atoms with Crippen molar-refractivity contribution in [3.63, 3.8) is 0 Å². The second-order valence-electron chi connectivity index (χ2n) is 6.04. The van der Waals surface area contributed by atoms with Gasteiger partial charge >= 0.3 is 0 Å². The number of halogens is 1. The minimum Gasteiger partial charge on any atom is -0.497 e. The number of nitrogens with zero attached hydrogens (tertiary/aromatic N) is 2. The van der Waals surface area contributed by atoms with E-state index < -0.39 is 5.25 Å². The summed E-state index contributed by atoms with van der Waals surface area (Å²) in [7, 11) is 1.60. The fourth-order valence-electron chi connectivity index (χ4n) is 2.68. The molecule has 1 fully saturated rings. The van der Waals surface area contributed by atoms with Crippen LogP contribution in [0.25, 0.3) is 0 Å². The zero-order valence-corrected chi connectivity index (χ0v) is 17.1. The van der Waals surface area contributed by atoms with Gasteiger partial charge in [-0.1, -0.05) is 23.4 Å². The number of thioether (sulfide) groups is 1. The third-order valence-electron chi connectivity index (χ3n) is 4.16. The SMILES string of the molecule is CCN1C(=O)C[C@@H](C(=O)Nc2ccc(Cl)cc2)SC1=Nc1ccc(OC)cc1. The Hall–Kier alpha value is -2.51. The number of hydrogen-bond donors (Lipinski definition) is 1. The predicted octanol–water partition coefficient (Wildman–Crippen LogP) is 4.33. The Kier molecular flexibility index (Phi) is 6.59. The highest BCUT2D eigenvalue weighted by Gasteiger charge is 2.35. The number of carbonyl (C=O) groups excluding carboxylic acids is 2. The van der Waals surface area contributed by atoms with E-state index in [1.807, 2.05) is 19.1 Å².